The van der Waals surface area contributed by atoms with E-state index in [9.17, 15) is 14.4 Å². The summed E-state index contributed by atoms with van der Waals surface area (Å²) in [5.41, 5.74) is 0.0211. The van der Waals surface area contributed by atoms with Gasteiger partial charge >= 0.3 is 5.97 Å². The molecule has 0 saturated heterocycles. The van der Waals surface area contributed by atoms with Crippen LogP contribution in [0.5, 0.6) is 0 Å². The fourth-order valence-corrected chi connectivity index (χ4v) is 3.45. The Labute approximate surface area is 138 Å². The van der Waals surface area contributed by atoms with Crippen LogP contribution in [0.3, 0.4) is 0 Å². The van der Waals surface area contributed by atoms with Crippen LogP contribution in [0.2, 0.25) is 0 Å². The average molecular weight is 419 g/mol. The number of anilines is 1. The molecule has 0 aromatic heterocycles. The largest absolute Gasteiger partial charge is 0.459 e. The number of carbonyl (C=O) groups excluding carboxylic acids is 3. The van der Waals surface area contributed by atoms with E-state index in [1.807, 2.05) is 0 Å². The average Bonchev–Trinajstić information content (AvgIpc) is 2.52. The zero-order valence-electron chi connectivity index (χ0n) is 11.7. The predicted molar refractivity (Wildman–Crippen MR) is 84.4 cm³/mol. The molecular formula is C14H13Br2NO4. The van der Waals surface area contributed by atoms with Crippen molar-refractivity contribution in [2.24, 2.45) is 0 Å². The van der Waals surface area contributed by atoms with Crippen molar-refractivity contribution >= 4 is 55.2 Å². The van der Waals surface area contributed by atoms with E-state index in [0.29, 0.717) is 14.6 Å². The summed E-state index contributed by atoms with van der Waals surface area (Å²) < 4.78 is 6.43. The maximum atomic E-state index is 12.1. The molecular weight excluding hydrogens is 406 g/mol. The van der Waals surface area contributed by atoms with Gasteiger partial charge in [-0.2, -0.15) is 0 Å². The van der Waals surface area contributed by atoms with Gasteiger partial charge in [-0.1, -0.05) is 15.9 Å². The number of nitrogens with zero attached hydrogens (tertiary/aromatic N) is 1. The number of esters is 1. The van der Waals surface area contributed by atoms with Crippen molar-refractivity contribution in [1.29, 1.82) is 0 Å². The van der Waals surface area contributed by atoms with Gasteiger partial charge in [0.25, 0.3) is 11.7 Å². The third-order valence-corrected chi connectivity index (χ3v) is 3.75. The maximum absolute atomic E-state index is 12.1. The molecule has 0 N–H and O–H groups in total. The summed E-state index contributed by atoms with van der Waals surface area (Å²) in [5, 5.41) is 0. The monoisotopic (exact) mass is 417 g/mol. The van der Waals surface area contributed by atoms with Crippen molar-refractivity contribution < 1.29 is 19.1 Å². The van der Waals surface area contributed by atoms with Gasteiger partial charge in [0.2, 0.25) is 0 Å². The van der Waals surface area contributed by atoms with E-state index in [1.165, 1.54) is 0 Å². The summed E-state index contributed by atoms with van der Waals surface area (Å²) in [5.74, 6) is -1.92. The lowest BCUT2D eigenvalue weighted by molar-refractivity contribution is -0.153. The molecule has 0 radical (unpaired) electrons. The van der Waals surface area contributed by atoms with Crippen molar-refractivity contribution in [2.45, 2.75) is 26.4 Å². The highest BCUT2D eigenvalue weighted by atomic mass is 79.9. The van der Waals surface area contributed by atoms with Crippen molar-refractivity contribution in [2.75, 3.05) is 11.4 Å². The normalized spacial score (nSPS) is 14.4. The Balaban J connectivity index is 2.34. The van der Waals surface area contributed by atoms with Crippen molar-refractivity contribution in [1.82, 2.24) is 0 Å². The molecule has 1 heterocycles. The van der Waals surface area contributed by atoms with E-state index < -0.39 is 23.3 Å². The van der Waals surface area contributed by atoms with E-state index in [1.54, 1.807) is 32.9 Å². The fourth-order valence-electron chi connectivity index (χ4n) is 2.01. The zero-order chi connectivity index (χ0) is 15.9. The SMILES string of the molecule is CC(C)(C)OC(=O)CN1C(=O)C(=O)c2cc(Br)cc(Br)c21. The van der Waals surface area contributed by atoms with Crippen molar-refractivity contribution in [3.8, 4) is 0 Å². The molecule has 112 valence electrons. The highest BCUT2D eigenvalue weighted by Crippen LogP contribution is 2.38. The summed E-state index contributed by atoms with van der Waals surface area (Å²) in [7, 11) is 0. The summed E-state index contributed by atoms with van der Waals surface area (Å²) in [4.78, 5) is 37.1. The molecule has 1 aromatic rings. The first-order valence-corrected chi connectivity index (χ1v) is 7.76. The molecule has 0 atom stereocenters. The van der Waals surface area contributed by atoms with E-state index in [0.717, 1.165) is 4.90 Å². The lowest BCUT2D eigenvalue weighted by atomic mass is 10.1. The van der Waals surface area contributed by atoms with Crippen LogP contribution in [-0.4, -0.2) is 29.8 Å². The second-order valence-corrected chi connectivity index (χ2v) is 7.36. The van der Waals surface area contributed by atoms with Crippen molar-refractivity contribution in [3.63, 3.8) is 0 Å². The number of Topliss-reactive ketones (excluding diaryl/α,β-unsaturated/α-hetero) is 1. The summed E-state index contributed by atoms with van der Waals surface area (Å²) in [6, 6.07) is 3.28. The summed E-state index contributed by atoms with van der Waals surface area (Å²) >= 11 is 6.59. The quantitative estimate of drug-likeness (QED) is 0.546. The highest BCUT2D eigenvalue weighted by Gasteiger charge is 2.39. The number of hydrogen-bond acceptors (Lipinski definition) is 4. The smallest absolute Gasteiger partial charge is 0.326 e. The highest BCUT2D eigenvalue weighted by molar-refractivity contribution is 9.11. The molecule has 1 aliphatic rings. The van der Waals surface area contributed by atoms with Gasteiger partial charge in [-0.15, -0.1) is 0 Å². The molecule has 21 heavy (non-hydrogen) atoms. The molecule has 1 aliphatic heterocycles. The molecule has 0 fully saturated rings. The van der Waals surface area contributed by atoms with Crippen LogP contribution < -0.4 is 4.90 Å². The molecule has 1 amide bonds. The number of benzene rings is 1. The van der Waals surface area contributed by atoms with Crippen LogP contribution in [0.1, 0.15) is 31.1 Å². The lowest BCUT2D eigenvalue weighted by Gasteiger charge is -2.22. The summed E-state index contributed by atoms with van der Waals surface area (Å²) in [6.07, 6.45) is 0. The van der Waals surface area contributed by atoms with Gasteiger partial charge < -0.3 is 4.74 Å². The minimum absolute atomic E-state index is 0.268. The number of rotatable bonds is 2. The number of hydrogen-bond donors (Lipinski definition) is 0. The molecule has 0 bridgehead atoms. The number of fused-ring (bicyclic) bond motifs is 1. The van der Waals surface area contributed by atoms with Crippen LogP contribution in [0.4, 0.5) is 5.69 Å². The number of carbonyl (C=O) groups is 3. The van der Waals surface area contributed by atoms with E-state index in [-0.39, 0.29) is 12.1 Å². The third-order valence-electron chi connectivity index (χ3n) is 2.69. The second-order valence-electron chi connectivity index (χ2n) is 5.59. The Bertz CT molecular complexity index is 649. The molecule has 5 nitrogen and oxygen atoms in total. The Morgan fingerprint density at radius 3 is 2.43 bits per heavy atom. The van der Waals surface area contributed by atoms with Crippen LogP contribution in [0.15, 0.2) is 21.1 Å². The topological polar surface area (TPSA) is 63.7 Å². The zero-order valence-corrected chi connectivity index (χ0v) is 14.9. The molecule has 1 aromatic carbocycles. The molecule has 0 spiro atoms. The van der Waals surface area contributed by atoms with Crippen LogP contribution in [-0.2, 0) is 14.3 Å². The Morgan fingerprint density at radius 2 is 1.86 bits per heavy atom. The van der Waals surface area contributed by atoms with Gasteiger partial charge in [0, 0.05) is 8.95 Å². The molecule has 2 rings (SSSR count). The Hall–Kier alpha value is -1.21. The molecule has 0 saturated carbocycles. The minimum Gasteiger partial charge on any atom is -0.459 e. The van der Waals surface area contributed by atoms with Crippen molar-refractivity contribution in [3.05, 3.63) is 26.6 Å². The van der Waals surface area contributed by atoms with E-state index >= 15 is 0 Å². The van der Waals surface area contributed by atoms with Crippen LogP contribution in [0.25, 0.3) is 0 Å². The van der Waals surface area contributed by atoms with Crippen LogP contribution in [0, 0.1) is 0 Å². The molecule has 7 heteroatoms. The van der Waals surface area contributed by atoms with Gasteiger partial charge in [0.1, 0.15) is 12.1 Å². The number of halogens is 2. The first kappa shape index (κ1) is 16.2. The third kappa shape index (κ3) is 3.35. The minimum atomic E-state index is -0.727. The number of ether oxygens (including phenoxy) is 1. The first-order valence-electron chi connectivity index (χ1n) is 6.17. The molecule has 0 unspecified atom stereocenters. The van der Waals surface area contributed by atoms with Gasteiger partial charge in [-0.05, 0) is 48.8 Å². The van der Waals surface area contributed by atoms with Gasteiger partial charge in [0.05, 0.1) is 11.3 Å². The Kier molecular flexibility index (Phi) is 4.26. The van der Waals surface area contributed by atoms with E-state index in [4.69, 9.17) is 4.74 Å². The van der Waals surface area contributed by atoms with Gasteiger partial charge in [-0.3, -0.25) is 19.3 Å². The summed E-state index contributed by atoms with van der Waals surface area (Å²) in [6.45, 7) is 4.92. The van der Waals surface area contributed by atoms with Gasteiger partial charge in [-0.25, -0.2) is 0 Å². The number of amides is 1. The first-order chi connectivity index (χ1) is 9.60. The van der Waals surface area contributed by atoms with E-state index in [2.05, 4.69) is 31.9 Å². The lowest BCUT2D eigenvalue weighted by Crippen LogP contribution is -2.38. The second kappa shape index (κ2) is 5.53. The predicted octanol–water partition coefficient (Wildman–Crippen LogP) is 3.08. The number of ketones is 1. The van der Waals surface area contributed by atoms with Gasteiger partial charge in [0.15, 0.2) is 0 Å². The maximum Gasteiger partial charge on any atom is 0.326 e. The fraction of sp³-hybridized carbons (Fsp3) is 0.357. The Morgan fingerprint density at radius 1 is 1.24 bits per heavy atom. The standard InChI is InChI=1S/C14H13Br2NO4/c1-14(2,3)21-10(18)6-17-11-8(12(19)13(17)20)4-7(15)5-9(11)16/h4-5H,6H2,1-3H3. The van der Waals surface area contributed by atoms with Crippen LogP contribution >= 0.6 is 31.9 Å². The molecule has 0 aliphatic carbocycles.